The number of thioether (sulfide) groups is 1. The van der Waals surface area contributed by atoms with Gasteiger partial charge in [-0.05, 0) is 64.1 Å². The smallest absolute Gasteiger partial charge is 0.0346 e. The number of halogens is 1. The van der Waals surface area contributed by atoms with Crippen LogP contribution in [0, 0.1) is 0 Å². The third kappa shape index (κ3) is 4.13. The van der Waals surface area contributed by atoms with E-state index in [2.05, 4.69) is 100 Å². The summed E-state index contributed by atoms with van der Waals surface area (Å²) in [6.07, 6.45) is 12.1. The largest absolute Gasteiger partial charge is 0.264 e. The van der Waals surface area contributed by atoms with Gasteiger partial charge in [0.2, 0.25) is 0 Å². The molecule has 1 aliphatic heterocycles. The molecular weight excluding hydrogens is 434 g/mol. The first-order valence-electron chi connectivity index (χ1n) is 8.46. The fourth-order valence-corrected chi connectivity index (χ4v) is 4.66. The number of thiol groups is 1. The first kappa shape index (κ1) is 18.4. The van der Waals surface area contributed by atoms with Crippen LogP contribution in [-0.4, -0.2) is 4.98 Å². The number of allylic oxidation sites excluding steroid dienone is 3. The van der Waals surface area contributed by atoms with Crippen molar-refractivity contribution in [2.24, 2.45) is 0 Å². The van der Waals surface area contributed by atoms with Crippen LogP contribution in [0.3, 0.4) is 0 Å². The summed E-state index contributed by atoms with van der Waals surface area (Å²) >= 11 is 9.74. The highest BCUT2D eigenvalue weighted by Crippen LogP contribution is 2.39. The zero-order chi connectivity index (χ0) is 18.6. The zero-order valence-electron chi connectivity index (χ0n) is 14.3. The van der Waals surface area contributed by atoms with Gasteiger partial charge in [0.15, 0.2) is 0 Å². The molecule has 0 aliphatic carbocycles. The van der Waals surface area contributed by atoms with E-state index < -0.39 is 0 Å². The summed E-state index contributed by atoms with van der Waals surface area (Å²) in [5.74, 6) is 0. The summed E-state index contributed by atoms with van der Waals surface area (Å²) in [5, 5.41) is 1.84. The lowest BCUT2D eigenvalue weighted by Crippen LogP contribution is -1.90. The first-order chi connectivity index (χ1) is 13.2. The molecule has 3 aromatic rings. The molecule has 1 nitrogen and oxygen atoms in total. The molecule has 1 aromatic heterocycles. The van der Waals surface area contributed by atoms with Crippen molar-refractivity contribution in [2.75, 3.05) is 0 Å². The zero-order valence-corrected chi connectivity index (χ0v) is 17.6. The minimum atomic E-state index is 1.05. The van der Waals surface area contributed by atoms with E-state index in [0.29, 0.717) is 0 Å². The van der Waals surface area contributed by atoms with Crippen molar-refractivity contribution in [3.8, 4) is 22.3 Å². The van der Waals surface area contributed by atoms with Gasteiger partial charge in [-0.1, -0.05) is 64.1 Å². The predicted molar refractivity (Wildman–Crippen MR) is 124 cm³/mol. The standard InChI is InChI=1S/C23H16BrNS2/c24-19-12-17(16-5-4-10-25-14-16)11-18(13-19)21-8-3-9-23-22(21)7-2-1-6-20(15-26)27-23/h1-15,26H/b6-1-,7-2-,20-15-. The number of hydrogen-bond acceptors (Lipinski definition) is 3. The Morgan fingerprint density at radius 1 is 0.926 bits per heavy atom. The highest BCUT2D eigenvalue weighted by molar-refractivity contribution is 9.10. The maximum Gasteiger partial charge on any atom is 0.0346 e. The summed E-state index contributed by atoms with van der Waals surface area (Å²) in [4.78, 5) is 6.59. The average Bonchev–Trinajstić information content (AvgIpc) is 2.68. The summed E-state index contributed by atoms with van der Waals surface area (Å²) in [6.45, 7) is 0. The van der Waals surface area contributed by atoms with Gasteiger partial charge < -0.3 is 0 Å². The van der Waals surface area contributed by atoms with E-state index >= 15 is 0 Å². The Labute approximate surface area is 177 Å². The van der Waals surface area contributed by atoms with Gasteiger partial charge in [-0.3, -0.25) is 4.98 Å². The molecule has 0 amide bonds. The first-order valence-corrected chi connectivity index (χ1v) is 10.6. The summed E-state index contributed by atoms with van der Waals surface area (Å²) < 4.78 is 1.05. The van der Waals surface area contributed by atoms with E-state index in [0.717, 1.165) is 20.5 Å². The van der Waals surface area contributed by atoms with Gasteiger partial charge in [-0.2, -0.15) is 12.6 Å². The molecule has 2 aromatic carbocycles. The van der Waals surface area contributed by atoms with Crippen LogP contribution in [0.4, 0.5) is 0 Å². The number of hydrogen-bond donors (Lipinski definition) is 1. The van der Waals surface area contributed by atoms with Gasteiger partial charge in [0.1, 0.15) is 0 Å². The Morgan fingerprint density at radius 2 is 1.78 bits per heavy atom. The highest BCUT2D eigenvalue weighted by Gasteiger charge is 2.12. The van der Waals surface area contributed by atoms with Crippen LogP contribution in [0.25, 0.3) is 28.3 Å². The maximum absolute atomic E-state index is 4.33. The minimum Gasteiger partial charge on any atom is -0.264 e. The third-order valence-corrected chi connectivity index (χ3v) is 6.24. The van der Waals surface area contributed by atoms with Crippen LogP contribution >= 0.6 is 40.3 Å². The highest BCUT2D eigenvalue weighted by atomic mass is 79.9. The van der Waals surface area contributed by atoms with Crippen molar-refractivity contribution >= 4 is 46.4 Å². The molecule has 0 atom stereocenters. The van der Waals surface area contributed by atoms with Crippen molar-refractivity contribution < 1.29 is 0 Å². The van der Waals surface area contributed by atoms with E-state index in [9.17, 15) is 0 Å². The molecule has 0 unspecified atom stereocenters. The number of aromatic nitrogens is 1. The Kier molecular flexibility index (Phi) is 5.67. The molecule has 132 valence electrons. The van der Waals surface area contributed by atoms with Gasteiger partial charge in [0.05, 0.1) is 0 Å². The Bertz CT molecular complexity index is 1070. The summed E-state index contributed by atoms with van der Waals surface area (Å²) in [6, 6.07) is 17.0. The van der Waals surface area contributed by atoms with Gasteiger partial charge >= 0.3 is 0 Å². The number of pyridine rings is 1. The molecule has 2 heterocycles. The molecule has 4 rings (SSSR count). The van der Waals surface area contributed by atoms with E-state index in [4.69, 9.17) is 0 Å². The van der Waals surface area contributed by atoms with E-state index in [1.165, 1.54) is 21.6 Å². The van der Waals surface area contributed by atoms with Crippen molar-refractivity contribution in [1.29, 1.82) is 0 Å². The number of nitrogens with zero attached hydrogens (tertiary/aromatic N) is 1. The lowest BCUT2D eigenvalue weighted by atomic mass is 9.96. The Balaban J connectivity index is 1.87. The topological polar surface area (TPSA) is 12.9 Å². The van der Waals surface area contributed by atoms with E-state index in [1.54, 1.807) is 18.0 Å². The van der Waals surface area contributed by atoms with Crippen LogP contribution in [0.1, 0.15) is 5.56 Å². The second kappa shape index (κ2) is 8.34. The van der Waals surface area contributed by atoms with Crippen LogP contribution in [0.15, 0.2) is 98.8 Å². The fraction of sp³-hybridized carbons (Fsp3) is 0. The van der Waals surface area contributed by atoms with Crippen molar-refractivity contribution in [3.05, 3.63) is 99.5 Å². The van der Waals surface area contributed by atoms with Crippen molar-refractivity contribution in [3.63, 3.8) is 0 Å². The fourth-order valence-electron chi connectivity index (χ4n) is 3.03. The second-order valence-corrected chi connectivity index (χ2v) is 8.33. The van der Waals surface area contributed by atoms with E-state index in [1.807, 2.05) is 17.7 Å². The predicted octanol–water partition coefficient (Wildman–Crippen LogP) is 7.62. The van der Waals surface area contributed by atoms with Crippen molar-refractivity contribution in [1.82, 2.24) is 4.98 Å². The van der Waals surface area contributed by atoms with Gasteiger partial charge in [-0.25, -0.2) is 0 Å². The lowest BCUT2D eigenvalue weighted by Gasteiger charge is -2.15. The quantitative estimate of drug-likeness (QED) is 0.403. The van der Waals surface area contributed by atoms with Crippen LogP contribution in [-0.2, 0) is 0 Å². The summed E-state index contributed by atoms with van der Waals surface area (Å²) in [7, 11) is 0. The molecule has 0 bridgehead atoms. The molecule has 1 aliphatic rings. The second-order valence-electron chi connectivity index (χ2n) is 6.04. The van der Waals surface area contributed by atoms with Gasteiger partial charge in [-0.15, -0.1) is 0 Å². The maximum atomic E-state index is 4.33. The van der Waals surface area contributed by atoms with Crippen LogP contribution in [0.2, 0.25) is 0 Å². The Hall–Kier alpha value is -2.01. The molecule has 0 fully saturated rings. The molecule has 4 heteroatoms. The summed E-state index contributed by atoms with van der Waals surface area (Å²) in [5.41, 5.74) is 5.84. The molecule has 0 radical (unpaired) electrons. The monoisotopic (exact) mass is 449 g/mol. The normalized spacial score (nSPS) is 17.0. The molecule has 0 saturated heterocycles. The van der Waals surface area contributed by atoms with Gasteiger partial charge in [0, 0.05) is 32.2 Å². The minimum absolute atomic E-state index is 1.05. The SMILES string of the molecule is S/C=C1/C=C\C=C/c2c(cccc2-c2cc(Br)cc(-c3cccnc3)c2)S1. The molecule has 0 spiro atoms. The third-order valence-electron chi connectivity index (χ3n) is 4.26. The number of fused-ring (bicyclic) bond motifs is 1. The molecule has 0 N–H and O–H groups in total. The average molecular weight is 450 g/mol. The van der Waals surface area contributed by atoms with Crippen molar-refractivity contribution in [2.45, 2.75) is 4.90 Å². The van der Waals surface area contributed by atoms with Crippen LogP contribution < -0.4 is 0 Å². The molecule has 27 heavy (non-hydrogen) atoms. The van der Waals surface area contributed by atoms with E-state index in [-0.39, 0.29) is 0 Å². The molecule has 0 saturated carbocycles. The number of benzene rings is 2. The number of rotatable bonds is 2. The van der Waals surface area contributed by atoms with Gasteiger partial charge in [0.25, 0.3) is 0 Å². The molecular formula is C23H16BrNS2. The van der Waals surface area contributed by atoms with Crippen LogP contribution in [0.5, 0.6) is 0 Å². The Morgan fingerprint density at radius 3 is 2.59 bits per heavy atom. The lowest BCUT2D eigenvalue weighted by molar-refractivity contribution is 1.33.